The molecule has 8 heteroatoms. The smallest absolute Gasteiger partial charge is 0.191 e. The highest BCUT2D eigenvalue weighted by Gasteiger charge is 2.33. The minimum atomic E-state index is -0.324. The van der Waals surface area contributed by atoms with E-state index in [4.69, 9.17) is 24.2 Å². The van der Waals surface area contributed by atoms with Crippen molar-refractivity contribution in [2.75, 3.05) is 26.1 Å². The summed E-state index contributed by atoms with van der Waals surface area (Å²) in [4.78, 5) is 11.9. The van der Waals surface area contributed by atoms with E-state index >= 15 is 0 Å². The number of thioether (sulfide) groups is 1. The fourth-order valence-corrected chi connectivity index (χ4v) is 4.98. The molecule has 0 aliphatic carbocycles. The topological polar surface area (TPSA) is 65.5 Å². The Kier molecular flexibility index (Phi) is 6.63. The average molecular weight is 412 g/mol. The Labute approximate surface area is 169 Å². The number of aromatic nitrogens is 2. The summed E-state index contributed by atoms with van der Waals surface area (Å²) < 4.78 is 16.8. The first-order valence-corrected chi connectivity index (χ1v) is 11.0. The second-order valence-corrected chi connectivity index (χ2v) is 9.88. The molecule has 0 saturated heterocycles. The van der Waals surface area contributed by atoms with E-state index in [1.165, 1.54) is 10.4 Å². The van der Waals surface area contributed by atoms with Crippen LogP contribution in [0.3, 0.4) is 0 Å². The molecular weight excluding hydrogens is 382 g/mol. The van der Waals surface area contributed by atoms with Gasteiger partial charge in [0.1, 0.15) is 10.6 Å². The normalized spacial score (nSPS) is 19.9. The van der Waals surface area contributed by atoms with Crippen molar-refractivity contribution < 1.29 is 14.2 Å². The molecule has 3 rings (SSSR count). The lowest BCUT2D eigenvalue weighted by atomic mass is 9.90. The average Bonchev–Trinajstić information content (AvgIpc) is 2.99. The fraction of sp³-hybridized carbons (Fsp3) is 0.684. The molecule has 0 amide bonds. The van der Waals surface area contributed by atoms with E-state index in [2.05, 4.69) is 33.0 Å². The zero-order valence-corrected chi connectivity index (χ0v) is 18.6. The van der Waals surface area contributed by atoms with Gasteiger partial charge in [-0.25, -0.2) is 9.97 Å². The molecule has 0 bridgehead atoms. The molecule has 1 unspecified atom stereocenters. The van der Waals surface area contributed by atoms with Crippen molar-refractivity contribution in [2.45, 2.75) is 69.4 Å². The summed E-state index contributed by atoms with van der Waals surface area (Å²) in [6.07, 6.45) is 1.53. The number of ether oxygens (including phenoxy) is 3. The Balaban J connectivity index is 2.04. The standard InChI is InChI=1S/C19H29N3O3S2/c1-7-19(4)8-12-13(10-25-19)27-17-15(12)16(20-9-14(23-5)24-6)21-18(22-17)26-11(2)3/h11,14H,7-10H2,1-6H3,(H,20,21,22). The van der Waals surface area contributed by atoms with Gasteiger partial charge in [-0.2, -0.15) is 0 Å². The Bertz CT molecular complexity index is 792. The van der Waals surface area contributed by atoms with Gasteiger partial charge >= 0.3 is 0 Å². The zero-order chi connectivity index (χ0) is 19.6. The molecule has 1 N–H and O–H groups in total. The van der Waals surface area contributed by atoms with Crippen molar-refractivity contribution in [2.24, 2.45) is 0 Å². The SMILES string of the molecule is CCC1(C)Cc2c(sc3nc(SC(C)C)nc(NCC(OC)OC)c23)CO1. The number of rotatable bonds is 8. The maximum Gasteiger partial charge on any atom is 0.191 e. The van der Waals surface area contributed by atoms with Crippen molar-refractivity contribution in [3.63, 3.8) is 0 Å². The van der Waals surface area contributed by atoms with Crippen LogP contribution in [0.2, 0.25) is 0 Å². The molecule has 1 atom stereocenters. The summed E-state index contributed by atoms with van der Waals surface area (Å²) in [6, 6.07) is 0. The molecule has 0 radical (unpaired) electrons. The van der Waals surface area contributed by atoms with E-state index in [1.54, 1.807) is 37.3 Å². The number of methoxy groups -OCH3 is 2. The van der Waals surface area contributed by atoms with Gasteiger partial charge in [-0.15, -0.1) is 11.3 Å². The van der Waals surface area contributed by atoms with Gasteiger partial charge in [0.05, 0.1) is 24.1 Å². The first-order valence-electron chi connectivity index (χ1n) is 9.31. The molecule has 0 spiro atoms. The summed E-state index contributed by atoms with van der Waals surface area (Å²) in [5, 5.41) is 5.77. The van der Waals surface area contributed by atoms with Crippen LogP contribution in [-0.4, -0.2) is 47.9 Å². The third kappa shape index (κ3) is 4.56. The highest BCUT2D eigenvalue weighted by Crippen LogP contribution is 2.42. The van der Waals surface area contributed by atoms with Crippen LogP contribution in [0.4, 0.5) is 5.82 Å². The summed E-state index contributed by atoms with van der Waals surface area (Å²) >= 11 is 3.39. The van der Waals surface area contributed by atoms with Crippen molar-refractivity contribution in [1.82, 2.24) is 9.97 Å². The first kappa shape index (κ1) is 20.8. The van der Waals surface area contributed by atoms with Crippen LogP contribution in [0.25, 0.3) is 10.2 Å². The molecule has 150 valence electrons. The number of nitrogens with one attached hydrogen (secondary N) is 1. The van der Waals surface area contributed by atoms with Crippen LogP contribution in [0.5, 0.6) is 0 Å². The van der Waals surface area contributed by atoms with Gasteiger partial charge in [-0.3, -0.25) is 0 Å². The van der Waals surface area contributed by atoms with Crippen LogP contribution in [0, 0.1) is 0 Å². The molecule has 2 aromatic heterocycles. The lowest BCUT2D eigenvalue weighted by Crippen LogP contribution is -2.34. The minimum absolute atomic E-state index is 0.134. The Morgan fingerprint density at radius 1 is 1.30 bits per heavy atom. The highest BCUT2D eigenvalue weighted by molar-refractivity contribution is 7.99. The van der Waals surface area contributed by atoms with Gasteiger partial charge in [0.2, 0.25) is 0 Å². The van der Waals surface area contributed by atoms with Crippen LogP contribution in [0.15, 0.2) is 5.16 Å². The van der Waals surface area contributed by atoms with Gasteiger partial charge in [-0.1, -0.05) is 32.5 Å². The molecular formula is C19H29N3O3S2. The third-order valence-corrected chi connectivity index (χ3v) is 6.83. The zero-order valence-electron chi connectivity index (χ0n) is 16.9. The van der Waals surface area contributed by atoms with Gasteiger partial charge in [0.25, 0.3) is 0 Å². The van der Waals surface area contributed by atoms with Crippen LogP contribution < -0.4 is 5.32 Å². The molecule has 1 aliphatic heterocycles. The molecule has 2 aromatic rings. The predicted octanol–water partition coefficient (Wildman–Crippen LogP) is 4.46. The lowest BCUT2D eigenvalue weighted by molar-refractivity contribution is -0.0914. The van der Waals surface area contributed by atoms with E-state index in [1.807, 2.05) is 0 Å². The Morgan fingerprint density at radius 3 is 2.67 bits per heavy atom. The number of nitrogens with zero attached hydrogens (tertiary/aromatic N) is 2. The molecule has 0 fully saturated rings. The van der Waals surface area contributed by atoms with E-state index < -0.39 is 0 Å². The van der Waals surface area contributed by atoms with Gasteiger partial charge in [-0.05, 0) is 18.9 Å². The fourth-order valence-electron chi connectivity index (χ4n) is 3.11. The molecule has 6 nitrogen and oxygen atoms in total. The summed E-state index contributed by atoms with van der Waals surface area (Å²) in [5.41, 5.74) is 1.19. The van der Waals surface area contributed by atoms with Gasteiger partial charge in [0, 0.05) is 30.8 Å². The van der Waals surface area contributed by atoms with Crippen molar-refractivity contribution >= 4 is 39.1 Å². The molecule has 0 saturated carbocycles. The quantitative estimate of drug-likeness (QED) is 0.391. The maximum absolute atomic E-state index is 6.13. The minimum Gasteiger partial charge on any atom is -0.369 e. The Hall–Kier alpha value is -0.930. The summed E-state index contributed by atoms with van der Waals surface area (Å²) in [7, 11) is 3.28. The number of hydrogen-bond acceptors (Lipinski definition) is 8. The molecule has 1 aliphatic rings. The predicted molar refractivity (Wildman–Crippen MR) is 112 cm³/mol. The summed E-state index contributed by atoms with van der Waals surface area (Å²) in [5.74, 6) is 0.861. The number of hydrogen-bond donors (Lipinski definition) is 1. The van der Waals surface area contributed by atoms with E-state index in [9.17, 15) is 0 Å². The van der Waals surface area contributed by atoms with E-state index in [0.29, 0.717) is 18.4 Å². The largest absolute Gasteiger partial charge is 0.369 e. The lowest BCUT2D eigenvalue weighted by Gasteiger charge is -2.33. The van der Waals surface area contributed by atoms with Crippen molar-refractivity contribution in [3.05, 3.63) is 10.4 Å². The molecule has 27 heavy (non-hydrogen) atoms. The van der Waals surface area contributed by atoms with Crippen LogP contribution >= 0.6 is 23.1 Å². The van der Waals surface area contributed by atoms with Crippen molar-refractivity contribution in [1.29, 1.82) is 0 Å². The number of anilines is 1. The second-order valence-electron chi connectivity index (χ2n) is 7.26. The first-order chi connectivity index (χ1) is 12.9. The second kappa shape index (κ2) is 8.61. The highest BCUT2D eigenvalue weighted by atomic mass is 32.2. The Morgan fingerprint density at radius 2 is 2.04 bits per heavy atom. The van der Waals surface area contributed by atoms with Gasteiger partial charge in [0.15, 0.2) is 11.4 Å². The van der Waals surface area contributed by atoms with Gasteiger partial charge < -0.3 is 19.5 Å². The van der Waals surface area contributed by atoms with E-state index in [0.717, 1.165) is 34.0 Å². The van der Waals surface area contributed by atoms with Crippen molar-refractivity contribution in [3.8, 4) is 0 Å². The maximum atomic E-state index is 6.13. The third-order valence-electron chi connectivity index (χ3n) is 4.87. The number of fused-ring (bicyclic) bond motifs is 3. The van der Waals surface area contributed by atoms with Crippen LogP contribution in [-0.2, 0) is 27.2 Å². The summed E-state index contributed by atoms with van der Waals surface area (Å²) in [6.45, 7) is 9.83. The molecule has 0 aromatic carbocycles. The van der Waals surface area contributed by atoms with Crippen LogP contribution in [0.1, 0.15) is 44.6 Å². The number of thiophene rings is 1. The molecule has 3 heterocycles. The van der Waals surface area contributed by atoms with E-state index in [-0.39, 0.29) is 11.9 Å². The monoisotopic (exact) mass is 411 g/mol.